The fraction of sp³-hybridized carbons (Fsp3) is 0.120. The van der Waals surface area contributed by atoms with Gasteiger partial charge in [0, 0.05) is 17.8 Å². The van der Waals surface area contributed by atoms with E-state index in [1.54, 1.807) is 24.3 Å². The molecule has 0 radical (unpaired) electrons. The number of hydrogen-bond donors (Lipinski definition) is 1. The SMILES string of the molecule is COc1cc(/C=C(\C#N)c2ccc([N+](=O)[O-])cc2)cc(Br)c1OCC(=O)Nc1cccc(C)c1. The molecule has 0 unspecified atom stereocenters. The fourth-order valence-electron chi connectivity index (χ4n) is 3.13. The maximum Gasteiger partial charge on any atom is 0.269 e. The number of halogens is 1. The van der Waals surface area contributed by atoms with E-state index in [4.69, 9.17) is 9.47 Å². The van der Waals surface area contributed by atoms with Gasteiger partial charge in [0.1, 0.15) is 0 Å². The number of nitrogens with one attached hydrogen (secondary N) is 1. The van der Waals surface area contributed by atoms with Crippen molar-refractivity contribution in [2.24, 2.45) is 0 Å². The molecule has 0 aliphatic heterocycles. The summed E-state index contributed by atoms with van der Waals surface area (Å²) < 4.78 is 11.6. The third-order valence-electron chi connectivity index (χ3n) is 4.72. The summed E-state index contributed by atoms with van der Waals surface area (Å²) in [6.45, 7) is 1.70. The third kappa shape index (κ3) is 6.21. The van der Waals surface area contributed by atoms with E-state index in [2.05, 4.69) is 27.3 Å². The molecule has 1 amide bonds. The van der Waals surface area contributed by atoms with E-state index in [0.717, 1.165) is 5.56 Å². The van der Waals surface area contributed by atoms with Gasteiger partial charge in [-0.1, -0.05) is 12.1 Å². The molecule has 1 N–H and O–H groups in total. The lowest BCUT2D eigenvalue weighted by atomic mass is 10.0. The zero-order valence-electron chi connectivity index (χ0n) is 18.4. The van der Waals surface area contributed by atoms with Gasteiger partial charge in [-0.15, -0.1) is 0 Å². The quantitative estimate of drug-likeness (QED) is 0.174. The number of allylic oxidation sites excluding steroid dienone is 1. The monoisotopic (exact) mass is 521 g/mol. The Morgan fingerprint density at radius 3 is 2.56 bits per heavy atom. The van der Waals surface area contributed by atoms with Crippen molar-refractivity contribution >= 4 is 44.9 Å². The molecule has 34 heavy (non-hydrogen) atoms. The first-order valence-corrected chi connectivity index (χ1v) is 10.8. The number of carbonyl (C=O) groups is 1. The summed E-state index contributed by atoms with van der Waals surface area (Å²) in [5, 5.41) is 23.2. The van der Waals surface area contributed by atoms with E-state index in [0.29, 0.717) is 38.4 Å². The number of benzene rings is 3. The maximum absolute atomic E-state index is 12.3. The van der Waals surface area contributed by atoms with Gasteiger partial charge in [-0.2, -0.15) is 5.26 Å². The predicted octanol–water partition coefficient (Wildman–Crippen LogP) is 5.76. The summed E-state index contributed by atoms with van der Waals surface area (Å²) in [4.78, 5) is 22.7. The Morgan fingerprint density at radius 2 is 1.94 bits per heavy atom. The number of hydrogen-bond acceptors (Lipinski definition) is 6. The van der Waals surface area contributed by atoms with Crippen LogP contribution in [0.3, 0.4) is 0 Å². The molecule has 0 heterocycles. The molecular formula is C25H20BrN3O5. The molecule has 3 aromatic carbocycles. The van der Waals surface area contributed by atoms with Gasteiger partial charge >= 0.3 is 0 Å². The Hall–Kier alpha value is -4.16. The van der Waals surface area contributed by atoms with Gasteiger partial charge in [-0.25, -0.2) is 0 Å². The number of non-ortho nitro benzene ring substituents is 1. The van der Waals surface area contributed by atoms with Crippen LogP contribution in [0.15, 0.2) is 65.1 Å². The second-order valence-electron chi connectivity index (χ2n) is 7.21. The van der Waals surface area contributed by atoms with Crippen molar-refractivity contribution in [1.82, 2.24) is 0 Å². The van der Waals surface area contributed by atoms with Gasteiger partial charge in [-0.05, 0) is 82.0 Å². The van der Waals surface area contributed by atoms with Crippen LogP contribution in [0.1, 0.15) is 16.7 Å². The highest BCUT2D eigenvalue weighted by atomic mass is 79.9. The molecule has 8 nitrogen and oxygen atoms in total. The smallest absolute Gasteiger partial charge is 0.269 e. The number of nitro benzene ring substituents is 1. The van der Waals surface area contributed by atoms with Crippen molar-refractivity contribution in [2.45, 2.75) is 6.92 Å². The lowest BCUT2D eigenvalue weighted by molar-refractivity contribution is -0.384. The minimum absolute atomic E-state index is 0.0570. The molecule has 0 aromatic heterocycles. The Bertz CT molecular complexity index is 1300. The Morgan fingerprint density at radius 1 is 1.21 bits per heavy atom. The first-order valence-electron chi connectivity index (χ1n) is 10.0. The average Bonchev–Trinajstić information content (AvgIpc) is 2.81. The number of aryl methyl sites for hydroxylation is 1. The number of nitriles is 1. The number of anilines is 1. The molecule has 0 atom stereocenters. The normalized spacial score (nSPS) is 10.8. The van der Waals surface area contributed by atoms with Crippen LogP contribution < -0.4 is 14.8 Å². The maximum atomic E-state index is 12.3. The van der Waals surface area contributed by atoms with E-state index < -0.39 is 4.92 Å². The van der Waals surface area contributed by atoms with Gasteiger partial charge < -0.3 is 14.8 Å². The first-order chi connectivity index (χ1) is 16.3. The Labute approximate surface area is 204 Å². The van der Waals surface area contributed by atoms with Crippen LogP contribution >= 0.6 is 15.9 Å². The van der Waals surface area contributed by atoms with Crippen LogP contribution in [-0.4, -0.2) is 24.5 Å². The van der Waals surface area contributed by atoms with Crippen molar-refractivity contribution < 1.29 is 19.2 Å². The summed E-state index contributed by atoms with van der Waals surface area (Å²) in [5.41, 5.74) is 3.13. The zero-order chi connectivity index (χ0) is 24.7. The molecule has 0 aliphatic carbocycles. The minimum Gasteiger partial charge on any atom is -0.493 e. The zero-order valence-corrected chi connectivity index (χ0v) is 20.0. The van der Waals surface area contributed by atoms with E-state index in [-0.39, 0.29) is 18.2 Å². The van der Waals surface area contributed by atoms with Crippen LogP contribution in [0.5, 0.6) is 11.5 Å². The molecule has 3 aromatic rings. The van der Waals surface area contributed by atoms with Gasteiger partial charge in [0.15, 0.2) is 18.1 Å². The summed E-state index contributed by atoms with van der Waals surface area (Å²) in [6, 6.07) is 18.6. The number of nitrogens with zero attached hydrogens (tertiary/aromatic N) is 2. The van der Waals surface area contributed by atoms with Crippen LogP contribution in [0.25, 0.3) is 11.6 Å². The van der Waals surface area contributed by atoms with Crippen LogP contribution in [0, 0.1) is 28.4 Å². The summed E-state index contributed by atoms with van der Waals surface area (Å²) in [7, 11) is 1.47. The Kier molecular flexibility index (Phi) is 8.01. The molecule has 172 valence electrons. The average molecular weight is 522 g/mol. The number of carbonyl (C=O) groups excluding carboxylic acids is 1. The van der Waals surface area contributed by atoms with Gasteiger partial charge in [0.2, 0.25) is 0 Å². The largest absolute Gasteiger partial charge is 0.493 e. The van der Waals surface area contributed by atoms with Crippen molar-refractivity contribution in [1.29, 1.82) is 5.26 Å². The first kappa shape index (κ1) is 24.5. The molecule has 9 heteroatoms. The van der Waals surface area contributed by atoms with E-state index in [9.17, 15) is 20.2 Å². The molecule has 0 saturated heterocycles. The van der Waals surface area contributed by atoms with E-state index in [1.165, 1.54) is 31.4 Å². The second kappa shape index (κ2) is 11.1. The number of amides is 1. The van der Waals surface area contributed by atoms with Gasteiger partial charge in [0.25, 0.3) is 11.6 Å². The van der Waals surface area contributed by atoms with Crippen molar-refractivity contribution in [2.75, 3.05) is 19.0 Å². The molecule has 0 spiro atoms. The summed E-state index contributed by atoms with van der Waals surface area (Å²) >= 11 is 3.44. The molecule has 0 bridgehead atoms. The molecule has 0 saturated carbocycles. The van der Waals surface area contributed by atoms with Crippen LogP contribution in [-0.2, 0) is 4.79 Å². The lowest BCUT2D eigenvalue weighted by Crippen LogP contribution is -2.20. The van der Waals surface area contributed by atoms with Gasteiger partial charge in [-0.3, -0.25) is 14.9 Å². The van der Waals surface area contributed by atoms with Crippen molar-refractivity contribution in [3.05, 3.63) is 91.9 Å². The molecule has 3 rings (SSSR count). The lowest BCUT2D eigenvalue weighted by Gasteiger charge is -2.14. The van der Waals surface area contributed by atoms with Crippen LogP contribution in [0.4, 0.5) is 11.4 Å². The summed E-state index contributed by atoms with van der Waals surface area (Å²) in [5.74, 6) is 0.381. The molecule has 0 fully saturated rings. The second-order valence-corrected chi connectivity index (χ2v) is 8.07. The van der Waals surface area contributed by atoms with Crippen molar-refractivity contribution in [3.8, 4) is 17.6 Å². The number of rotatable bonds is 8. The predicted molar refractivity (Wildman–Crippen MR) is 133 cm³/mol. The van der Waals surface area contributed by atoms with Crippen molar-refractivity contribution in [3.63, 3.8) is 0 Å². The number of ether oxygens (including phenoxy) is 2. The van der Waals surface area contributed by atoms with E-state index in [1.807, 2.05) is 25.1 Å². The molecule has 0 aliphatic rings. The standard InChI is InChI=1S/C25H20BrN3O5/c1-16-4-3-5-20(10-16)28-24(30)15-34-25-22(26)12-17(13-23(25)33-2)11-19(14-27)18-6-8-21(9-7-18)29(31)32/h3-13H,15H2,1-2H3,(H,28,30)/b19-11+. The number of nitro groups is 1. The highest BCUT2D eigenvalue weighted by Gasteiger charge is 2.14. The highest BCUT2D eigenvalue weighted by molar-refractivity contribution is 9.10. The van der Waals surface area contributed by atoms with E-state index >= 15 is 0 Å². The molecular weight excluding hydrogens is 502 g/mol. The fourth-order valence-corrected chi connectivity index (χ4v) is 3.70. The van der Waals surface area contributed by atoms with Gasteiger partial charge in [0.05, 0.1) is 28.1 Å². The summed E-state index contributed by atoms with van der Waals surface area (Å²) in [6.07, 6.45) is 1.63. The topological polar surface area (TPSA) is 114 Å². The van der Waals surface area contributed by atoms with Crippen LogP contribution in [0.2, 0.25) is 0 Å². The minimum atomic E-state index is -0.499. The third-order valence-corrected chi connectivity index (χ3v) is 5.31. The number of methoxy groups -OCH3 is 1. The highest BCUT2D eigenvalue weighted by Crippen LogP contribution is 2.37. The Balaban J connectivity index is 1.78.